The standard InChI is InChI=1S/C9H7BrO5/c1-15-7-5(10)3-2-4(8(11)12)6(7)9(13)14/h2-3H,1H3,(H,11,12)(H,13,14). The highest BCUT2D eigenvalue weighted by molar-refractivity contribution is 9.10. The topological polar surface area (TPSA) is 83.8 Å². The first-order valence-electron chi connectivity index (χ1n) is 3.82. The van der Waals surface area contributed by atoms with E-state index >= 15 is 0 Å². The van der Waals surface area contributed by atoms with Gasteiger partial charge in [0, 0.05) is 0 Å². The lowest BCUT2D eigenvalue weighted by Crippen LogP contribution is -2.10. The molecule has 2 N–H and O–H groups in total. The van der Waals surface area contributed by atoms with E-state index in [-0.39, 0.29) is 16.9 Å². The second-order valence-corrected chi connectivity index (χ2v) is 3.47. The first kappa shape index (κ1) is 11.5. The van der Waals surface area contributed by atoms with Crippen LogP contribution in [0.15, 0.2) is 16.6 Å². The maximum absolute atomic E-state index is 10.9. The number of rotatable bonds is 3. The summed E-state index contributed by atoms with van der Waals surface area (Å²) in [7, 11) is 1.28. The molecule has 80 valence electrons. The van der Waals surface area contributed by atoms with Crippen LogP contribution in [-0.4, -0.2) is 29.3 Å². The van der Waals surface area contributed by atoms with Gasteiger partial charge in [0.15, 0.2) is 0 Å². The van der Waals surface area contributed by atoms with Gasteiger partial charge in [0.1, 0.15) is 11.3 Å². The highest BCUT2D eigenvalue weighted by Crippen LogP contribution is 2.31. The van der Waals surface area contributed by atoms with E-state index in [9.17, 15) is 9.59 Å². The van der Waals surface area contributed by atoms with Crippen LogP contribution in [0.5, 0.6) is 5.75 Å². The zero-order valence-electron chi connectivity index (χ0n) is 7.65. The molecular formula is C9H7BrO5. The second kappa shape index (κ2) is 4.31. The lowest BCUT2D eigenvalue weighted by atomic mass is 10.1. The summed E-state index contributed by atoms with van der Waals surface area (Å²) in [5, 5.41) is 17.7. The van der Waals surface area contributed by atoms with Crippen LogP contribution in [0.25, 0.3) is 0 Å². The van der Waals surface area contributed by atoms with Gasteiger partial charge in [0.2, 0.25) is 0 Å². The first-order chi connectivity index (χ1) is 6.99. The lowest BCUT2D eigenvalue weighted by molar-refractivity contribution is 0.0648. The third-order valence-corrected chi connectivity index (χ3v) is 2.38. The van der Waals surface area contributed by atoms with E-state index in [2.05, 4.69) is 15.9 Å². The minimum absolute atomic E-state index is 0.00222. The van der Waals surface area contributed by atoms with Crippen molar-refractivity contribution in [3.8, 4) is 5.75 Å². The molecule has 1 aromatic carbocycles. The molecule has 0 atom stereocenters. The van der Waals surface area contributed by atoms with Crippen molar-refractivity contribution in [2.24, 2.45) is 0 Å². The summed E-state index contributed by atoms with van der Waals surface area (Å²) in [6, 6.07) is 2.63. The van der Waals surface area contributed by atoms with Crippen LogP contribution < -0.4 is 4.74 Å². The molecule has 0 aromatic heterocycles. The molecule has 0 aliphatic carbocycles. The summed E-state index contributed by atoms with van der Waals surface area (Å²) in [4.78, 5) is 21.7. The van der Waals surface area contributed by atoms with E-state index in [1.807, 2.05) is 0 Å². The highest BCUT2D eigenvalue weighted by Gasteiger charge is 2.22. The minimum Gasteiger partial charge on any atom is -0.495 e. The number of hydrogen-bond donors (Lipinski definition) is 2. The molecule has 0 aliphatic rings. The van der Waals surface area contributed by atoms with Crippen molar-refractivity contribution in [1.82, 2.24) is 0 Å². The summed E-state index contributed by atoms with van der Waals surface area (Å²) in [6.07, 6.45) is 0. The van der Waals surface area contributed by atoms with Gasteiger partial charge >= 0.3 is 11.9 Å². The Kier molecular flexibility index (Phi) is 3.31. The van der Waals surface area contributed by atoms with E-state index < -0.39 is 11.9 Å². The molecule has 0 unspecified atom stereocenters. The zero-order valence-corrected chi connectivity index (χ0v) is 9.24. The Morgan fingerprint density at radius 2 is 1.87 bits per heavy atom. The van der Waals surface area contributed by atoms with Gasteiger partial charge in [0.25, 0.3) is 0 Å². The van der Waals surface area contributed by atoms with Crippen molar-refractivity contribution in [1.29, 1.82) is 0 Å². The Morgan fingerprint density at radius 3 is 2.27 bits per heavy atom. The summed E-state index contributed by atoms with van der Waals surface area (Å²) < 4.78 is 5.23. The van der Waals surface area contributed by atoms with Crippen molar-refractivity contribution in [2.45, 2.75) is 0 Å². The Bertz CT molecular complexity index is 427. The number of benzene rings is 1. The molecule has 0 fully saturated rings. The van der Waals surface area contributed by atoms with Crippen LogP contribution in [0, 0.1) is 0 Å². The molecule has 0 bridgehead atoms. The highest BCUT2D eigenvalue weighted by atomic mass is 79.9. The van der Waals surface area contributed by atoms with Gasteiger partial charge in [-0.05, 0) is 28.1 Å². The Labute approximate surface area is 93.4 Å². The van der Waals surface area contributed by atoms with Crippen LogP contribution in [0.3, 0.4) is 0 Å². The molecule has 0 radical (unpaired) electrons. The molecule has 0 aliphatic heterocycles. The predicted octanol–water partition coefficient (Wildman–Crippen LogP) is 1.85. The number of halogens is 1. The van der Waals surface area contributed by atoms with Gasteiger partial charge in [0.05, 0.1) is 17.1 Å². The molecule has 0 saturated heterocycles. The minimum atomic E-state index is -1.34. The molecule has 6 heteroatoms. The molecule has 0 saturated carbocycles. The fraction of sp³-hybridized carbons (Fsp3) is 0.111. The number of hydrogen-bond acceptors (Lipinski definition) is 3. The second-order valence-electron chi connectivity index (χ2n) is 2.61. The van der Waals surface area contributed by atoms with Crippen molar-refractivity contribution >= 4 is 27.9 Å². The fourth-order valence-electron chi connectivity index (χ4n) is 1.15. The average molecular weight is 275 g/mol. The van der Waals surface area contributed by atoms with Crippen LogP contribution in [0.2, 0.25) is 0 Å². The molecule has 15 heavy (non-hydrogen) atoms. The fourth-order valence-corrected chi connectivity index (χ4v) is 1.64. The molecule has 1 aromatic rings. The smallest absolute Gasteiger partial charge is 0.340 e. The molecule has 0 amide bonds. The first-order valence-corrected chi connectivity index (χ1v) is 4.61. The van der Waals surface area contributed by atoms with Crippen molar-refractivity contribution in [2.75, 3.05) is 7.11 Å². The molecule has 0 heterocycles. The summed E-state index contributed by atoms with van der Waals surface area (Å²) in [6.45, 7) is 0. The molecule has 1 rings (SSSR count). The van der Waals surface area contributed by atoms with Crippen molar-refractivity contribution in [3.63, 3.8) is 0 Å². The van der Waals surface area contributed by atoms with E-state index in [1.54, 1.807) is 0 Å². The van der Waals surface area contributed by atoms with Gasteiger partial charge in [-0.25, -0.2) is 9.59 Å². The number of carbonyl (C=O) groups is 2. The maximum atomic E-state index is 10.9. The van der Waals surface area contributed by atoms with E-state index in [4.69, 9.17) is 14.9 Å². The number of carboxylic acids is 2. The SMILES string of the molecule is COc1c(Br)ccc(C(=O)O)c1C(=O)O. The average Bonchev–Trinajstić information content (AvgIpc) is 2.16. The van der Waals surface area contributed by atoms with Gasteiger partial charge in [-0.3, -0.25) is 0 Å². The third kappa shape index (κ3) is 2.10. The zero-order chi connectivity index (χ0) is 11.6. The summed E-state index contributed by atoms with van der Waals surface area (Å²) in [5.41, 5.74) is -0.665. The largest absolute Gasteiger partial charge is 0.495 e. The van der Waals surface area contributed by atoms with E-state index in [0.717, 1.165) is 0 Å². The van der Waals surface area contributed by atoms with Gasteiger partial charge < -0.3 is 14.9 Å². The number of aromatic carboxylic acids is 2. The van der Waals surface area contributed by atoms with Crippen molar-refractivity contribution in [3.05, 3.63) is 27.7 Å². The number of ether oxygens (including phenoxy) is 1. The summed E-state index contributed by atoms with van der Waals surface area (Å²) in [5.74, 6) is -2.65. The van der Waals surface area contributed by atoms with Crippen LogP contribution in [0.1, 0.15) is 20.7 Å². The number of methoxy groups -OCH3 is 1. The Hall–Kier alpha value is -1.56. The van der Waals surface area contributed by atoms with Crippen molar-refractivity contribution < 1.29 is 24.5 Å². The Balaban J connectivity index is 3.56. The van der Waals surface area contributed by atoms with Gasteiger partial charge in [-0.1, -0.05) is 0 Å². The van der Waals surface area contributed by atoms with Crippen LogP contribution >= 0.6 is 15.9 Å². The molecular weight excluding hydrogens is 268 g/mol. The third-order valence-electron chi connectivity index (χ3n) is 1.76. The lowest BCUT2D eigenvalue weighted by Gasteiger charge is -2.09. The molecule has 0 spiro atoms. The normalized spacial score (nSPS) is 9.73. The predicted molar refractivity (Wildman–Crippen MR) is 54.6 cm³/mol. The molecule has 5 nitrogen and oxygen atoms in total. The van der Waals surface area contributed by atoms with E-state index in [0.29, 0.717) is 4.47 Å². The van der Waals surface area contributed by atoms with Gasteiger partial charge in [-0.2, -0.15) is 0 Å². The number of carboxylic acid groups (broad SMARTS) is 2. The van der Waals surface area contributed by atoms with E-state index in [1.165, 1.54) is 19.2 Å². The quantitative estimate of drug-likeness (QED) is 0.879. The van der Waals surface area contributed by atoms with Crippen LogP contribution in [0.4, 0.5) is 0 Å². The maximum Gasteiger partial charge on any atom is 0.340 e. The van der Waals surface area contributed by atoms with Crippen LogP contribution in [-0.2, 0) is 0 Å². The monoisotopic (exact) mass is 274 g/mol. The van der Waals surface area contributed by atoms with Gasteiger partial charge in [-0.15, -0.1) is 0 Å². The summed E-state index contributed by atoms with van der Waals surface area (Å²) >= 11 is 3.08. The Morgan fingerprint density at radius 1 is 1.27 bits per heavy atom.